The van der Waals surface area contributed by atoms with Crippen LogP contribution in [0.25, 0.3) is 0 Å². The standard InChI is InChI=1S/C36H58N6O5/c1-22(2)29(39-34(45)30(23(3)4)40(7)8)35(46)41(9)31(24(5)6)36(47)42-20-14-19-28(42)33(44)38-27-18-13-17-26(27)32(43)37-21-25-15-11-10-12-16-25/h10-12,15-16,22-24,26-31H,13-14,17-21H2,1-9H3,(H,37,43)(H,38,44)(H,39,45)/t26?,27?,28-,29?,30-,31-/m0/s1. The lowest BCUT2D eigenvalue weighted by Gasteiger charge is -2.38. The maximum Gasteiger partial charge on any atom is 0.246 e. The van der Waals surface area contributed by atoms with Crippen LogP contribution in [0.2, 0.25) is 0 Å². The molecule has 11 heteroatoms. The predicted octanol–water partition coefficient (Wildman–Crippen LogP) is 2.79. The first-order valence-electron chi connectivity index (χ1n) is 17.3. The molecule has 47 heavy (non-hydrogen) atoms. The van der Waals surface area contributed by atoms with Gasteiger partial charge in [-0.3, -0.25) is 28.9 Å². The number of likely N-dealkylation sites (tertiary alicyclic amines) is 1. The minimum atomic E-state index is -0.813. The molecule has 11 nitrogen and oxygen atoms in total. The summed E-state index contributed by atoms with van der Waals surface area (Å²) in [5, 5.41) is 9.10. The molecular formula is C36H58N6O5. The van der Waals surface area contributed by atoms with Gasteiger partial charge in [-0.25, -0.2) is 0 Å². The molecule has 6 atom stereocenters. The lowest BCUT2D eigenvalue weighted by atomic mass is 9.96. The summed E-state index contributed by atoms with van der Waals surface area (Å²) in [5.41, 5.74) is 1.01. The van der Waals surface area contributed by atoms with Gasteiger partial charge in [0.1, 0.15) is 18.1 Å². The molecule has 1 aliphatic carbocycles. The summed E-state index contributed by atoms with van der Waals surface area (Å²) in [6.45, 7) is 12.3. The van der Waals surface area contributed by atoms with E-state index >= 15 is 0 Å². The van der Waals surface area contributed by atoms with Crippen molar-refractivity contribution in [2.75, 3.05) is 27.7 Å². The molecule has 1 saturated heterocycles. The molecule has 3 N–H and O–H groups in total. The number of nitrogens with one attached hydrogen (secondary N) is 3. The molecule has 0 aromatic heterocycles. The number of amides is 5. The molecule has 0 bridgehead atoms. The van der Waals surface area contributed by atoms with Crippen LogP contribution in [-0.4, -0.2) is 102 Å². The van der Waals surface area contributed by atoms with E-state index in [1.54, 1.807) is 11.9 Å². The van der Waals surface area contributed by atoms with Crippen LogP contribution in [0.1, 0.15) is 79.2 Å². The van der Waals surface area contributed by atoms with Gasteiger partial charge in [-0.1, -0.05) is 78.3 Å². The fourth-order valence-electron chi connectivity index (χ4n) is 7.25. The van der Waals surface area contributed by atoms with Gasteiger partial charge in [0.15, 0.2) is 0 Å². The van der Waals surface area contributed by atoms with Crippen LogP contribution in [0.15, 0.2) is 30.3 Å². The third kappa shape index (κ3) is 9.55. The van der Waals surface area contributed by atoms with E-state index in [-0.39, 0.29) is 59.2 Å². The van der Waals surface area contributed by atoms with Gasteiger partial charge in [0.2, 0.25) is 29.5 Å². The minimum Gasteiger partial charge on any atom is -0.352 e. The largest absolute Gasteiger partial charge is 0.352 e. The summed E-state index contributed by atoms with van der Waals surface area (Å²) < 4.78 is 0. The highest BCUT2D eigenvalue weighted by molar-refractivity contribution is 5.95. The molecule has 1 saturated carbocycles. The molecule has 0 radical (unpaired) electrons. The Hall–Kier alpha value is -3.47. The Labute approximate surface area is 281 Å². The normalized spacial score (nSPS) is 21.6. The van der Waals surface area contributed by atoms with Gasteiger partial charge >= 0.3 is 0 Å². The van der Waals surface area contributed by atoms with Crippen molar-refractivity contribution >= 4 is 29.5 Å². The summed E-state index contributed by atoms with van der Waals surface area (Å²) in [7, 11) is 5.29. The van der Waals surface area contributed by atoms with Crippen LogP contribution in [0.3, 0.4) is 0 Å². The second-order valence-corrected chi connectivity index (χ2v) is 14.6. The van der Waals surface area contributed by atoms with Gasteiger partial charge in [0, 0.05) is 26.2 Å². The highest BCUT2D eigenvalue weighted by atomic mass is 16.2. The number of likely N-dealkylation sites (N-methyl/N-ethyl adjacent to an activating group) is 2. The van der Waals surface area contributed by atoms with Crippen molar-refractivity contribution in [2.24, 2.45) is 23.7 Å². The van der Waals surface area contributed by atoms with Crippen LogP contribution in [0.4, 0.5) is 0 Å². The second-order valence-electron chi connectivity index (χ2n) is 14.6. The van der Waals surface area contributed by atoms with E-state index in [9.17, 15) is 24.0 Å². The fourth-order valence-corrected chi connectivity index (χ4v) is 7.25. The molecule has 3 rings (SSSR count). The molecule has 1 aliphatic heterocycles. The SMILES string of the molecule is CC(C)C(NC(=O)[C@H](C(C)C)N(C)C)C(=O)N(C)[C@H](C(=O)N1CCC[C@H]1C(=O)NC1CCCC1C(=O)NCc1ccccc1)C(C)C. The van der Waals surface area contributed by atoms with Gasteiger partial charge in [-0.05, 0) is 63.1 Å². The Kier molecular flexibility index (Phi) is 13.8. The molecule has 262 valence electrons. The van der Waals surface area contributed by atoms with Gasteiger partial charge in [-0.15, -0.1) is 0 Å². The average Bonchev–Trinajstić information content (AvgIpc) is 3.68. The molecule has 1 aromatic carbocycles. The number of hydrogen-bond acceptors (Lipinski definition) is 6. The van der Waals surface area contributed by atoms with Crippen molar-refractivity contribution in [3.63, 3.8) is 0 Å². The van der Waals surface area contributed by atoms with Gasteiger partial charge < -0.3 is 25.8 Å². The zero-order valence-electron chi connectivity index (χ0n) is 29.9. The highest BCUT2D eigenvalue weighted by Crippen LogP contribution is 2.28. The van der Waals surface area contributed by atoms with Crippen LogP contribution < -0.4 is 16.0 Å². The second kappa shape index (κ2) is 17.1. The summed E-state index contributed by atoms with van der Waals surface area (Å²) in [4.78, 5) is 73.1. The first-order valence-corrected chi connectivity index (χ1v) is 17.3. The topological polar surface area (TPSA) is 131 Å². The van der Waals surface area contributed by atoms with Crippen molar-refractivity contribution in [3.05, 3.63) is 35.9 Å². The third-order valence-corrected chi connectivity index (χ3v) is 9.66. The van der Waals surface area contributed by atoms with Gasteiger partial charge in [0.25, 0.3) is 0 Å². The van der Waals surface area contributed by atoms with Gasteiger partial charge in [-0.2, -0.15) is 0 Å². The minimum absolute atomic E-state index is 0.0389. The lowest BCUT2D eigenvalue weighted by Crippen LogP contribution is -2.61. The van der Waals surface area contributed by atoms with Crippen molar-refractivity contribution < 1.29 is 24.0 Å². The maximum absolute atomic E-state index is 14.2. The number of benzene rings is 1. The average molecular weight is 655 g/mol. The van der Waals surface area contributed by atoms with E-state index < -0.39 is 24.2 Å². The van der Waals surface area contributed by atoms with E-state index in [0.29, 0.717) is 38.8 Å². The summed E-state index contributed by atoms with van der Waals surface area (Å²) >= 11 is 0. The van der Waals surface area contributed by atoms with Crippen LogP contribution in [0.5, 0.6) is 0 Å². The maximum atomic E-state index is 14.2. The Morgan fingerprint density at radius 1 is 0.809 bits per heavy atom. The third-order valence-electron chi connectivity index (χ3n) is 9.66. The van der Waals surface area contributed by atoms with Crippen molar-refractivity contribution in [1.82, 2.24) is 30.7 Å². The van der Waals surface area contributed by atoms with Gasteiger partial charge in [0.05, 0.1) is 12.0 Å². The molecule has 2 fully saturated rings. The zero-order chi connectivity index (χ0) is 35.0. The van der Waals surface area contributed by atoms with E-state index in [2.05, 4.69) is 16.0 Å². The molecule has 1 heterocycles. The fraction of sp³-hybridized carbons (Fsp3) is 0.694. The number of rotatable bonds is 14. The number of carbonyl (C=O) groups is 5. The molecular weight excluding hydrogens is 596 g/mol. The number of carbonyl (C=O) groups excluding carboxylic acids is 5. The summed E-state index contributed by atoms with van der Waals surface area (Å²) in [5.74, 6) is -1.90. The van der Waals surface area contributed by atoms with Crippen LogP contribution in [0, 0.1) is 23.7 Å². The molecule has 2 aliphatic rings. The quantitative estimate of drug-likeness (QED) is 0.283. The Balaban J connectivity index is 1.70. The first kappa shape index (κ1) is 38.0. The van der Waals surface area contributed by atoms with Crippen molar-refractivity contribution in [2.45, 2.75) is 110 Å². The molecule has 5 amide bonds. The number of nitrogens with zero attached hydrogens (tertiary/aromatic N) is 3. The monoisotopic (exact) mass is 654 g/mol. The molecule has 1 aromatic rings. The van der Waals surface area contributed by atoms with Crippen LogP contribution >= 0.6 is 0 Å². The predicted molar refractivity (Wildman–Crippen MR) is 183 cm³/mol. The Bertz CT molecular complexity index is 1230. The lowest BCUT2D eigenvalue weighted by molar-refractivity contribution is -0.151. The number of hydrogen-bond donors (Lipinski definition) is 3. The van der Waals surface area contributed by atoms with E-state index in [1.165, 1.54) is 4.90 Å². The van der Waals surface area contributed by atoms with E-state index in [4.69, 9.17) is 0 Å². The Morgan fingerprint density at radius 2 is 1.45 bits per heavy atom. The molecule has 3 unspecified atom stereocenters. The first-order chi connectivity index (χ1) is 22.1. The summed E-state index contributed by atoms with van der Waals surface area (Å²) in [6.07, 6.45) is 3.42. The van der Waals surface area contributed by atoms with Crippen molar-refractivity contribution in [1.29, 1.82) is 0 Å². The summed E-state index contributed by atoms with van der Waals surface area (Å²) in [6, 6.07) is 6.71. The van der Waals surface area contributed by atoms with E-state index in [1.807, 2.05) is 90.9 Å². The van der Waals surface area contributed by atoms with Crippen LogP contribution in [-0.2, 0) is 30.5 Å². The highest BCUT2D eigenvalue weighted by Gasteiger charge is 2.44. The van der Waals surface area contributed by atoms with Crippen molar-refractivity contribution in [3.8, 4) is 0 Å². The molecule has 0 spiro atoms. The smallest absolute Gasteiger partial charge is 0.246 e. The van der Waals surface area contributed by atoms with E-state index in [0.717, 1.165) is 12.0 Å². The zero-order valence-corrected chi connectivity index (χ0v) is 29.9. The Morgan fingerprint density at radius 3 is 2.02 bits per heavy atom.